The highest BCUT2D eigenvalue weighted by Crippen LogP contribution is 2.28. The molecule has 0 radical (unpaired) electrons. The molecular formula is C20H32ClN3O2. The average molecular weight is 382 g/mol. The lowest BCUT2D eigenvalue weighted by atomic mass is 10.2. The molecule has 2 rings (SSSR count). The van der Waals surface area contributed by atoms with Crippen LogP contribution >= 0.6 is 11.6 Å². The number of hydrogen-bond donors (Lipinski definition) is 3. The zero-order chi connectivity index (χ0) is 20.5. The summed E-state index contributed by atoms with van der Waals surface area (Å²) in [4.78, 5) is 4.18. The van der Waals surface area contributed by atoms with E-state index in [1.807, 2.05) is 42.0 Å². The quantitative estimate of drug-likeness (QED) is 0.616. The Kier molecular flexibility index (Phi) is 16.5. The maximum absolute atomic E-state index is 9.15. The van der Waals surface area contributed by atoms with Gasteiger partial charge in [-0.3, -0.25) is 4.99 Å². The lowest BCUT2D eigenvalue weighted by molar-refractivity contribution is 0.412. The van der Waals surface area contributed by atoms with Gasteiger partial charge in [-0.25, -0.2) is 0 Å². The first-order valence-electron chi connectivity index (χ1n) is 8.34. The second kappa shape index (κ2) is 16.4. The summed E-state index contributed by atoms with van der Waals surface area (Å²) in [5.41, 5.74) is 1.27. The van der Waals surface area contributed by atoms with Gasteiger partial charge < -0.3 is 20.5 Å². The number of aliphatic hydroxyl groups is 1. The predicted octanol–water partition coefficient (Wildman–Crippen LogP) is 4.71. The molecule has 0 fully saturated rings. The molecule has 0 aromatic heterocycles. The van der Waals surface area contributed by atoms with Crippen molar-refractivity contribution >= 4 is 17.8 Å². The third kappa shape index (κ3) is 11.5. The van der Waals surface area contributed by atoms with Gasteiger partial charge in [-0.05, 0) is 65.5 Å². The van der Waals surface area contributed by atoms with Crippen LogP contribution in [0.15, 0.2) is 59.1 Å². The van der Waals surface area contributed by atoms with E-state index in [4.69, 9.17) is 21.4 Å². The molecule has 0 unspecified atom stereocenters. The lowest BCUT2D eigenvalue weighted by Gasteiger charge is -2.08. The number of ether oxygens (including phenoxy) is 1. The molecule has 1 heterocycles. The van der Waals surface area contributed by atoms with E-state index in [2.05, 4.69) is 22.2 Å². The molecule has 0 spiro atoms. The van der Waals surface area contributed by atoms with Gasteiger partial charge in [0.15, 0.2) is 5.76 Å². The summed E-state index contributed by atoms with van der Waals surface area (Å²) in [6, 6.07) is 5.28. The van der Waals surface area contributed by atoms with Crippen molar-refractivity contribution in [2.45, 2.75) is 20.8 Å². The van der Waals surface area contributed by atoms with E-state index in [-0.39, 0.29) is 5.76 Å². The molecule has 0 atom stereocenters. The van der Waals surface area contributed by atoms with E-state index in [0.29, 0.717) is 22.2 Å². The van der Waals surface area contributed by atoms with Gasteiger partial charge in [-0.2, -0.15) is 0 Å². The summed E-state index contributed by atoms with van der Waals surface area (Å²) in [7, 11) is 7.50. The van der Waals surface area contributed by atoms with E-state index < -0.39 is 0 Å². The Morgan fingerprint density at radius 1 is 1.19 bits per heavy atom. The topological polar surface area (TPSA) is 65.9 Å². The van der Waals surface area contributed by atoms with Crippen LogP contribution in [0.25, 0.3) is 0 Å². The standard InChI is InChI=1S/C14H12ClNO2.2C2H7N.C2H6/c1-9(17)3-5-13-10(2)16-8-11-7-12(15)4-6-14(11)18-13;2*1-3-2;1-2/h3-8,17H,2H2,1H3;2*3H,1-2H3;1-2H3/b9-3+,13-5+;;;. The maximum atomic E-state index is 9.15. The first-order chi connectivity index (χ1) is 12.4. The SMILES string of the molecule is C=C1N=Cc2cc(Cl)ccc2O/C1=C/C=C(\C)O.CC.CNC.CNC. The Hall–Kier alpha value is -2.08. The highest BCUT2D eigenvalue weighted by Gasteiger charge is 2.12. The number of benzene rings is 1. The van der Waals surface area contributed by atoms with Crippen LogP contribution in [0.5, 0.6) is 5.75 Å². The molecule has 0 saturated carbocycles. The van der Waals surface area contributed by atoms with E-state index in [1.165, 1.54) is 6.08 Å². The van der Waals surface area contributed by atoms with Gasteiger partial charge in [-0.15, -0.1) is 0 Å². The molecule has 1 aromatic rings. The van der Waals surface area contributed by atoms with Gasteiger partial charge in [0.1, 0.15) is 5.75 Å². The van der Waals surface area contributed by atoms with Crippen LogP contribution in [0.2, 0.25) is 5.02 Å². The number of aliphatic hydroxyl groups excluding tert-OH is 1. The van der Waals surface area contributed by atoms with Crippen molar-refractivity contribution in [1.82, 2.24) is 10.6 Å². The van der Waals surface area contributed by atoms with Crippen molar-refractivity contribution < 1.29 is 9.84 Å². The Balaban J connectivity index is 0. The zero-order valence-corrected chi connectivity index (χ0v) is 17.6. The average Bonchev–Trinajstić information content (AvgIpc) is 2.75. The molecule has 1 aliphatic rings. The molecule has 1 aliphatic heterocycles. The summed E-state index contributed by atoms with van der Waals surface area (Å²) in [6.07, 6.45) is 4.80. The fourth-order valence-corrected chi connectivity index (χ4v) is 1.61. The Morgan fingerprint density at radius 3 is 2.23 bits per heavy atom. The van der Waals surface area contributed by atoms with Crippen LogP contribution in [0, 0.1) is 0 Å². The first kappa shape index (κ1) is 26.2. The molecule has 146 valence electrons. The van der Waals surface area contributed by atoms with Crippen LogP contribution in [0.3, 0.4) is 0 Å². The zero-order valence-electron chi connectivity index (χ0n) is 16.9. The van der Waals surface area contributed by atoms with Gasteiger partial charge in [0.25, 0.3) is 0 Å². The monoisotopic (exact) mass is 381 g/mol. The molecule has 0 amide bonds. The van der Waals surface area contributed by atoms with E-state index >= 15 is 0 Å². The van der Waals surface area contributed by atoms with Crippen molar-refractivity contribution in [3.05, 3.63) is 64.7 Å². The molecule has 26 heavy (non-hydrogen) atoms. The summed E-state index contributed by atoms with van der Waals surface area (Å²) in [5.74, 6) is 1.32. The molecule has 1 aromatic carbocycles. The minimum absolute atomic E-state index is 0.184. The van der Waals surface area contributed by atoms with Crippen molar-refractivity contribution in [3.63, 3.8) is 0 Å². The minimum atomic E-state index is 0.184. The molecule has 3 N–H and O–H groups in total. The lowest BCUT2D eigenvalue weighted by Crippen LogP contribution is -1.96. The van der Waals surface area contributed by atoms with Gasteiger partial charge >= 0.3 is 0 Å². The summed E-state index contributed by atoms with van der Waals surface area (Å²) in [6.45, 7) is 9.38. The maximum Gasteiger partial charge on any atom is 0.152 e. The highest BCUT2D eigenvalue weighted by atomic mass is 35.5. The summed E-state index contributed by atoms with van der Waals surface area (Å²) < 4.78 is 5.70. The smallest absolute Gasteiger partial charge is 0.152 e. The Morgan fingerprint density at radius 2 is 1.73 bits per heavy atom. The number of allylic oxidation sites excluding steroid dienone is 3. The highest BCUT2D eigenvalue weighted by molar-refractivity contribution is 6.30. The third-order valence-electron chi connectivity index (χ3n) is 2.31. The van der Waals surface area contributed by atoms with Crippen molar-refractivity contribution in [2.24, 2.45) is 4.99 Å². The number of hydrogen-bond acceptors (Lipinski definition) is 5. The Bertz CT molecular complexity index is 617. The molecule has 0 bridgehead atoms. The van der Waals surface area contributed by atoms with Gasteiger partial charge in [0, 0.05) is 16.8 Å². The third-order valence-corrected chi connectivity index (χ3v) is 2.55. The first-order valence-corrected chi connectivity index (χ1v) is 8.72. The van der Waals surface area contributed by atoms with E-state index in [0.717, 1.165) is 5.56 Å². The van der Waals surface area contributed by atoms with Crippen LogP contribution in [-0.2, 0) is 0 Å². The van der Waals surface area contributed by atoms with Crippen molar-refractivity contribution in [3.8, 4) is 5.75 Å². The largest absolute Gasteiger partial charge is 0.513 e. The normalized spacial score (nSPS) is 13.6. The van der Waals surface area contributed by atoms with Crippen molar-refractivity contribution in [2.75, 3.05) is 28.2 Å². The molecule has 6 heteroatoms. The number of halogens is 1. The number of nitrogens with zero attached hydrogens (tertiary/aromatic N) is 1. The summed E-state index contributed by atoms with van der Waals surface area (Å²) >= 11 is 5.91. The van der Waals surface area contributed by atoms with Crippen molar-refractivity contribution in [1.29, 1.82) is 0 Å². The van der Waals surface area contributed by atoms with Gasteiger partial charge in [-0.1, -0.05) is 32.0 Å². The summed E-state index contributed by atoms with van der Waals surface area (Å²) in [5, 5.41) is 15.3. The second-order valence-electron chi connectivity index (χ2n) is 4.83. The van der Waals surface area contributed by atoms with Crippen LogP contribution in [0.1, 0.15) is 26.3 Å². The number of fused-ring (bicyclic) bond motifs is 1. The molecule has 5 nitrogen and oxygen atoms in total. The number of nitrogens with one attached hydrogen (secondary N) is 2. The fourth-order valence-electron chi connectivity index (χ4n) is 1.43. The van der Waals surface area contributed by atoms with E-state index in [9.17, 15) is 0 Å². The Labute approximate surface area is 163 Å². The van der Waals surface area contributed by atoms with Crippen LogP contribution in [-0.4, -0.2) is 39.5 Å². The minimum Gasteiger partial charge on any atom is -0.513 e. The van der Waals surface area contributed by atoms with Crippen LogP contribution in [0.4, 0.5) is 0 Å². The van der Waals surface area contributed by atoms with Gasteiger partial charge in [0.2, 0.25) is 0 Å². The molecular weight excluding hydrogens is 350 g/mol. The predicted molar refractivity (Wildman–Crippen MR) is 115 cm³/mol. The second-order valence-corrected chi connectivity index (χ2v) is 5.26. The number of aliphatic imine (C=N–C) groups is 1. The number of rotatable bonds is 1. The molecule has 0 saturated heterocycles. The van der Waals surface area contributed by atoms with Gasteiger partial charge in [0.05, 0.1) is 11.5 Å². The van der Waals surface area contributed by atoms with Crippen LogP contribution < -0.4 is 15.4 Å². The van der Waals surface area contributed by atoms with E-state index in [1.54, 1.807) is 37.4 Å². The fraction of sp³-hybridized carbons (Fsp3) is 0.350. The molecule has 0 aliphatic carbocycles.